The van der Waals surface area contributed by atoms with E-state index >= 15 is 0 Å². The van der Waals surface area contributed by atoms with Gasteiger partial charge in [0, 0.05) is 68.1 Å². The Kier molecular flexibility index (Phi) is 9.37. The van der Waals surface area contributed by atoms with E-state index in [4.69, 9.17) is 6.58 Å². The average Bonchev–Trinajstić information content (AvgIpc) is 3.96. The van der Waals surface area contributed by atoms with E-state index in [9.17, 15) is 0 Å². The van der Waals surface area contributed by atoms with E-state index in [1.807, 2.05) is 0 Å². The summed E-state index contributed by atoms with van der Waals surface area (Å²) in [5, 5.41) is 6.63. The lowest BCUT2D eigenvalue weighted by atomic mass is 9.58. The third kappa shape index (κ3) is 6.47. The Labute approximate surface area is 445 Å². The number of nitrogens with zero attached hydrogens (tertiary/aromatic N) is 2. The fraction of sp³-hybridized carbons (Fsp3) is 0.268. The van der Waals surface area contributed by atoms with Crippen molar-refractivity contribution < 1.29 is 0 Å². The molecule has 3 aliphatic carbocycles. The van der Waals surface area contributed by atoms with Gasteiger partial charge in [0.2, 0.25) is 0 Å². The van der Waals surface area contributed by atoms with Gasteiger partial charge in [0.15, 0.2) is 7.28 Å². The molecule has 75 heavy (non-hydrogen) atoms. The quantitative estimate of drug-likeness (QED) is 0.177. The Bertz CT molecular complexity index is 4050. The molecular weight excluding hydrogens is 906 g/mol. The summed E-state index contributed by atoms with van der Waals surface area (Å²) in [6.45, 7) is 31.1. The molecule has 3 nitrogen and oxygen atoms in total. The van der Waals surface area contributed by atoms with Crippen molar-refractivity contribution in [3.63, 3.8) is 0 Å². The molecule has 8 aromatic carbocycles. The molecule has 0 saturated heterocycles. The van der Waals surface area contributed by atoms with Gasteiger partial charge >= 0.3 is 0 Å². The van der Waals surface area contributed by atoms with Gasteiger partial charge in [0.1, 0.15) is 0 Å². The van der Waals surface area contributed by atoms with Gasteiger partial charge in [-0.05, 0) is 167 Å². The minimum absolute atomic E-state index is 0.0544. The second-order valence-corrected chi connectivity index (χ2v) is 26.1. The molecule has 14 rings (SSSR count). The van der Waals surface area contributed by atoms with Crippen molar-refractivity contribution in [3.8, 4) is 39.1 Å². The van der Waals surface area contributed by atoms with Crippen LogP contribution in [0, 0.1) is 0 Å². The highest BCUT2D eigenvalue weighted by Crippen LogP contribution is 2.57. The zero-order valence-corrected chi connectivity index (χ0v) is 45.9. The van der Waals surface area contributed by atoms with E-state index in [1.165, 1.54) is 129 Å². The number of fused-ring (bicyclic) bond motifs is 13. The van der Waals surface area contributed by atoms with E-state index in [0.29, 0.717) is 0 Å². The number of allylic oxidation sites excluding steroid dienone is 2. The molecule has 0 atom stereocenters. The molecule has 1 aromatic heterocycles. The molecule has 0 spiro atoms. The first-order valence-electron chi connectivity index (χ1n) is 27.4. The highest BCUT2D eigenvalue weighted by molar-refractivity contribution is 6.73. The second kappa shape index (κ2) is 15.2. The van der Waals surface area contributed by atoms with Crippen molar-refractivity contribution in [2.45, 2.75) is 116 Å². The number of rotatable bonds is 4. The Balaban J connectivity index is 1.04. The van der Waals surface area contributed by atoms with Crippen LogP contribution in [-0.4, -0.2) is 18.9 Å². The number of anilines is 3. The summed E-state index contributed by atoms with van der Waals surface area (Å²) in [5.74, 6) is 0. The van der Waals surface area contributed by atoms with Gasteiger partial charge < -0.3 is 14.8 Å². The molecule has 0 bridgehead atoms. The minimum atomic E-state index is -0.200. The fourth-order valence-corrected chi connectivity index (χ4v) is 14.3. The van der Waals surface area contributed by atoms with Gasteiger partial charge in [-0.15, -0.1) is 0 Å². The first kappa shape index (κ1) is 46.3. The molecule has 4 heteroatoms. The molecule has 0 fully saturated rings. The van der Waals surface area contributed by atoms with Crippen LogP contribution < -0.4 is 21.1 Å². The van der Waals surface area contributed by atoms with Gasteiger partial charge in [0.05, 0.1) is 11.2 Å². The molecule has 5 aliphatic rings. The number of hydrogen-bond acceptors (Lipinski definition) is 2. The number of benzene rings is 8. The van der Waals surface area contributed by atoms with Crippen LogP contribution in [0.5, 0.6) is 0 Å². The summed E-state index contributed by atoms with van der Waals surface area (Å²) in [4.78, 5) is 2.36. The predicted molar refractivity (Wildman–Crippen MR) is 322 cm³/mol. The zero-order valence-electron chi connectivity index (χ0n) is 45.9. The van der Waals surface area contributed by atoms with Gasteiger partial charge in [-0.1, -0.05) is 179 Å². The first-order valence-corrected chi connectivity index (χ1v) is 27.4. The lowest BCUT2D eigenvalue weighted by molar-refractivity contribution is 0.331. The lowest BCUT2D eigenvalue weighted by Gasteiger charge is -2.42. The third-order valence-electron chi connectivity index (χ3n) is 18.9. The average molecular weight is 973 g/mol. The summed E-state index contributed by atoms with van der Waals surface area (Å²) in [7, 11) is 4.71. The van der Waals surface area contributed by atoms with Crippen molar-refractivity contribution in [1.29, 1.82) is 0 Å². The Hall–Kier alpha value is -7.30. The topological polar surface area (TPSA) is 20.2 Å². The molecule has 369 valence electrons. The van der Waals surface area contributed by atoms with Gasteiger partial charge in [0.25, 0.3) is 0 Å². The van der Waals surface area contributed by atoms with Crippen molar-refractivity contribution >= 4 is 68.3 Å². The maximum absolute atomic E-state index is 4.72. The molecule has 1 radical (unpaired) electrons. The van der Waals surface area contributed by atoms with E-state index in [-0.39, 0.29) is 27.1 Å². The molecule has 9 aromatic rings. The monoisotopic (exact) mass is 973 g/mol. The molecule has 0 saturated carbocycles. The van der Waals surface area contributed by atoms with E-state index in [0.717, 1.165) is 33.9 Å². The van der Waals surface area contributed by atoms with Crippen LogP contribution in [0.25, 0.3) is 72.1 Å². The molecule has 2 aliphatic heterocycles. The highest BCUT2D eigenvalue weighted by Gasteiger charge is 2.44. The van der Waals surface area contributed by atoms with Gasteiger partial charge in [-0.25, -0.2) is 0 Å². The Morgan fingerprint density at radius 1 is 0.533 bits per heavy atom. The van der Waals surface area contributed by atoms with E-state index in [2.05, 4.69) is 251 Å². The van der Waals surface area contributed by atoms with E-state index < -0.39 is 0 Å². The summed E-state index contributed by atoms with van der Waals surface area (Å²) >= 11 is 0. The Morgan fingerprint density at radius 2 is 1.17 bits per heavy atom. The maximum Gasteiger partial charge on any atom is 0.197 e. The van der Waals surface area contributed by atoms with Crippen LogP contribution in [0.3, 0.4) is 0 Å². The molecule has 1 N–H and O–H groups in total. The molecular formula is C71H67BN3. The predicted octanol–water partition coefficient (Wildman–Crippen LogP) is 16.9. The van der Waals surface area contributed by atoms with E-state index in [1.54, 1.807) is 0 Å². The maximum atomic E-state index is 4.72. The summed E-state index contributed by atoms with van der Waals surface area (Å²) in [6.07, 6.45) is 4.64. The largest absolute Gasteiger partial charge is 0.355 e. The van der Waals surface area contributed by atoms with Gasteiger partial charge in [-0.3, -0.25) is 0 Å². The SMILES string of the molecule is C=C1C=C(c2ccccc2)N(C)c2cc3c(cc21)[B]c1c(-c2cc4c(cc2Nc2ccc(C(C)(C)C)cc2)C(C)(C)c2cc5c(cc2-4)C(C)(C)CCC5(C)C)ccc2c4cc5c(cc4n-3c12)C(C)(C)c1ccccc1-5. The normalized spacial score (nSPS) is 17.6. The summed E-state index contributed by atoms with van der Waals surface area (Å²) in [5.41, 5.74) is 31.7. The molecule has 3 heterocycles. The number of aromatic nitrogens is 1. The van der Waals surface area contributed by atoms with Crippen LogP contribution in [0.1, 0.15) is 139 Å². The van der Waals surface area contributed by atoms with Crippen LogP contribution in [0.4, 0.5) is 17.1 Å². The first-order chi connectivity index (χ1) is 35.6. The zero-order chi connectivity index (χ0) is 52.0. The minimum Gasteiger partial charge on any atom is -0.355 e. The molecule has 0 amide bonds. The molecule has 0 unspecified atom stereocenters. The number of hydrogen-bond donors (Lipinski definition) is 1. The van der Waals surface area contributed by atoms with Crippen LogP contribution in [0.15, 0.2) is 152 Å². The lowest BCUT2D eigenvalue weighted by Crippen LogP contribution is -2.38. The highest BCUT2D eigenvalue weighted by atomic mass is 15.1. The van der Waals surface area contributed by atoms with Crippen LogP contribution >= 0.6 is 0 Å². The fourth-order valence-electron chi connectivity index (χ4n) is 14.3. The van der Waals surface area contributed by atoms with Gasteiger partial charge in [-0.2, -0.15) is 0 Å². The van der Waals surface area contributed by atoms with Crippen molar-refractivity contribution in [2.24, 2.45) is 0 Å². The summed E-state index contributed by atoms with van der Waals surface area (Å²) < 4.78 is 2.62. The van der Waals surface area contributed by atoms with Crippen molar-refractivity contribution in [2.75, 3.05) is 17.3 Å². The number of nitrogens with one attached hydrogen (secondary N) is 1. The smallest absolute Gasteiger partial charge is 0.197 e. The summed E-state index contributed by atoms with van der Waals surface area (Å²) in [6, 6.07) is 54.0. The Morgan fingerprint density at radius 3 is 1.91 bits per heavy atom. The third-order valence-corrected chi connectivity index (χ3v) is 18.9. The van der Waals surface area contributed by atoms with Crippen molar-refractivity contribution in [3.05, 3.63) is 202 Å². The van der Waals surface area contributed by atoms with Crippen LogP contribution in [0.2, 0.25) is 0 Å². The second-order valence-electron chi connectivity index (χ2n) is 26.1. The van der Waals surface area contributed by atoms with Crippen molar-refractivity contribution in [1.82, 2.24) is 4.57 Å². The standard InChI is InChI=1S/C71H67BN3/c1-40-31-61(41-19-15-14-16-20-41)74(13)62-39-64-59(35-47(40)62)72-65-45(27-28-46-52-33-48-44-21-17-18-22-53(44)70(9,10)56(48)38-63(52)75(64)66(46)65)51-32-49-50-34-57-58(69(7,8)30-29-68(57,5)6)36-54(50)71(11,12)55(49)37-60(51)73-43-25-23-42(24-26-43)67(2,3)4/h14-28,31-39,73H,1,29-30H2,2-13H3. The van der Waals surface area contributed by atoms with Crippen LogP contribution in [-0.2, 0) is 27.1 Å².